The highest BCUT2D eigenvalue weighted by Crippen LogP contribution is 2.45. The van der Waals surface area contributed by atoms with E-state index >= 15 is 0 Å². The molecule has 3 aromatic rings. The lowest BCUT2D eigenvalue weighted by atomic mass is 10.1. The van der Waals surface area contributed by atoms with Crippen LogP contribution in [-0.2, 0) is 18.0 Å². The first-order chi connectivity index (χ1) is 14.1. The minimum absolute atomic E-state index is 0.291. The van der Waals surface area contributed by atoms with E-state index in [0.717, 1.165) is 11.1 Å². The first-order valence-electron chi connectivity index (χ1n) is 8.96. The lowest BCUT2D eigenvalue weighted by molar-refractivity contribution is 0.0598. The molecule has 0 unspecified atom stereocenters. The summed E-state index contributed by atoms with van der Waals surface area (Å²) in [5, 5.41) is 0. The molecular formula is C23H21BrO5. The molecule has 0 saturated heterocycles. The van der Waals surface area contributed by atoms with E-state index in [1.165, 1.54) is 14.2 Å². The Balaban J connectivity index is 1.96. The molecule has 0 heterocycles. The highest BCUT2D eigenvalue weighted by Gasteiger charge is 2.24. The lowest BCUT2D eigenvalue weighted by Gasteiger charge is -2.19. The van der Waals surface area contributed by atoms with Gasteiger partial charge in [0.05, 0.1) is 24.3 Å². The smallest absolute Gasteiger partial charge is 0.339 e. The highest BCUT2D eigenvalue weighted by atomic mass is 79.9. The van der Waals surface area contributed by atoms with Crippen molar-refractivity contribution in [2.24, 2.45) is 0 Å². The number of ether oxygens (including phenoxy) is 4. The summed E-state index contributed by atoms with van der Waals surface area (Å²) in [5.74, 6) is 0.662. The van der Waals surface area contributed by atoms with Crippen molar-refractivity contribution in [3.8, 4) is 17.2 Å². The number of rotatable bonds is 8. The summed E-state index contributed by atoms with van der Waals surface area (Å²) in [6, 6.07) is 21.0. The van der Waals surface area contributed by atoms with Crippen molar-refractivity contribution in [1.82, 2.24) is 0 Å². The largest absolute Gasteiger partial charge is 0.490 e. The zero-order valence-electron chi connectivity index (χ0n) is 16.2. The van der Waals surface area contributed by atoms with Gasteiger partial charge in [-0.05, 0) is 33.1 Å². The summed E-state index contributed by atoms with van der Waals surface area (Å²) in [6.07, 6.45) is 0. The van der Waals surface area contributed by atoms with Gasteiger partial charge in [0.1, 0.15) is 13.2 Å². The fraction of sp³-hybridized carbons (Fsp3) is 0.174. The van der Waals surface area contributed by atoms with Gasteiger partial charge >= 0.3 is 5.97 Å². The number of carbonyl (C=O) groups is 1. The number of methoxy groups -OCH3 is 2. The quantitative estimate of drug-likeness (QED) is 0.424. The zero-order chi connectivity index (χ0) is 20.6. The number of esters is 1. The van der Waals surface area contributed by atoms with E-state index in [2.05, 4.69) is 15.9 Å². The Bertz CT molecular complexity index is 958. The van der Waals surface area contributed by atoms with E-state index in [4.69, 9.17) is 18.9 Å². The predicted octanol–water partition coefficient (Wildman–Crippen LogP) is 5.40. The zero-order valence-corrected chi connectivity index (χ0v) is 17.8. The van der Waals surface area contributed by atoms with Gasteiger partial charge < -0.3 is 18.9 Å². The predicted molar refractivity (Wildman–Crippen MR) is 114 cm³/mol. The Hall–Kier alpha value is -2.99. The summed E-state index contributed by atoms with van der Waals surface area (Å²) in [6.45, 7) is 0.621. The first-order valence-corrected chi connectivity index (χ1v) is 9.75. The van der Waals surface area contributed by atoms with Gasteiger partial charge in [0.15, 0.2) is 11.5 Å². The van der Waals surface area contributed by atoms with E-state index in [1.54, 1.807) is 6.07 Å². The summed E-state index contributed by atoms with van der Waals surface area (Å²) in [5.41, 5.74) is 2.26. The molecule has 0 aliphatic heterocycles. The van der Waals surface area contributed by atoms with Crippen LogP contribution >= 0.6 is 15.9 Å². The summed E-state index contributed by atoms with van der Waals surface area (Å²) < 4.78 is 22.9. The molecule has 3 aromatic carbocycles. The van der Waals surface area contributed by atoms with Crippen LogP contribution in [0, 0.1) is 0 Å². The van der Waals surface area contributed by atoms with Crippen molar-refractivity contribution in [3.63, 3.8) is 0 Å². The molecule has 29 heavy (non-hydrogen) atoms. The Labute approximate surface area is 178 Å². The second-order valence-corrected chi connectivity index (χ2v) is 6.93. The molecule has 0 aliphatic carbocycles. The van der Waals surface area contributed by atoms with Gasteiger partial charge in [0.2, 0.25) is 5.75 Å². The van der Waals surface area contributed by atoms with Crippen LogP contribution in [0.4, 0.5) is 0 Å². The average molecular weight is 457 g/mol. The van der Waals surface area contributed by atoms with Crippen molar-refractivity contribution in [2.75, 3.05) is 14.2 Å². The van der Waals surface area contributed by atoms with Gasteiger partial charge in [-0.15, -0.1) is 0 Å². The van der Waals surface area contributed by atoms with E-state index in [-0.39, 0.29) is 0 Å². The third-order valence-corrected chi connectivity index (χ3v) is 5.00. The number of halogens is 1. The van der Waals surface area contributed by atoms with E-state index in [1.807, 2.05) is 60.7 Å². The maximum atomic E-state index is 12.3. The van der Waals surface area contributed by atoms with Crippen molar-refractivity contribution in [2.45, 2.75) is 13.2 Å². The van der Waals surface area contributed by atoms with E-state index < -0.39 is 5.97 Å². The molecule has 0 aliphatic rings. The van der Waals surface area contributed by atoms with Gasteiger partial charge in [-0.1, -0.05) is 60.7 Å². The lowest BCUT2D eigenvalue weighted by Crippen LogP contribution is -2.08. The van der Waals surface area contributed by atoms with Gasteiger partial charge in [-0.3, -0.25) is 0 Å². The minimum Gasteiger partial charge on any atom is -0.490 e. The molecule has 150 valence electrons. The normalized spacial score (nSPS) is 10.3. The topological polar surface area (TPSA) is 54.0 Å². The van der Waals surface area contributed by atoms with E-state index in [0.29, 0.717) is 40.5 Å². The van der Waals surface area contributed by atoms with Crippen LogP contribution in [-0.4, -0.2) is 20.2 Å². The van der Waals surface area contributed by atoms with Crippen molar-refractivity contribution >= 4 is 21.9 Å². The van der Waals surface area contributed by atoms with Gasteiger partial charge in [0, 0.05) is 0 Å². The van der Waals surface area contributed by atoms with Crippen LogP contribution in [0.15, 0.2) is 71.2 Å². The number of hydrogen-bond acceptors (Lipinski definition) is 5. The maximum Gasteiger partial charge on any atom is 0.339 e. The van der Waals surface area contributed by atoms with Gasteiger partial charge in [-0.25, -0.2) is 4.79 Å². The van der Waals surface area contributed by atoms with Gasteiger partial charge in [-0.2, -0.15) is 0 Å². The molecule has 0 N–H and O–H groups in total. The molecular weight excluding hydrogens is 436 g/mol. The minimum atomic E-state index is -0.506. The molecule has 5 nitrogen and oxygen atoms in total. The molecule has 0 fully saturated rings. The highest BCUT2D eigenvalue weighted by molar-refractivity contribution is 9.10. The van der Waals surface area contributed by atoms with Gasteiger partial charge in [0.25, 0.3) is 0 Å². The number of hydrogen-bond donors (Lipinski definition) is 0. The summed E-state index contributed by atoms with van der Waals surface area (Å²) >= 11 is 3.46. The molecule has 0 spiro atoms. The van der Waals surface area contributed by atoms with Crippen LogP contribution in [0.3, 0.4) is 0 Å². The Morgan fingerprint density at radius 2 is 1.38 bits per heavy atom. The maximum absolute atomic E-state index is 12.3. The third kappa shape index (κ3) is 5.09. The standard InChI is InChI=1S/C23H21BrO5/c1-26-21-19(28-14-16-9-5-3-6-10-16)13-18(23(25)27-2)20(24)22(21)29-15-17-11-7-4-8-12-17/h3-13H,14-15H2,1-2H3. The molecule has 0 saturated carbocycles. The van der Waals surface area contributed by atoms with Crippen LogP contribution in [0.1, 0.15) is 21.5 Å². The Morgan fingerprint density at radius 1 is 0.828 bits per heavy atom. The van der Waals surface area contributed by atoms with Crippen LogP contribution in [0.2, 0.25) is 0 Å². The average Bonchev–Trinajstić information content (AvgIpc) is 2.77. The fourth-order valence-corrected chi connectivity index (χ4v) is 3.32. The summed E-state index contributed by atoms with van der Waals surface area (Å²) in [7, 11) is 2.86. The fourth-order valence-electron chi connectivity index (χ4n) is 2.75. The SMILES string of the molecule is COC(=O)c1cc(OCc2ccccc2)c(OC)c(OCc2ccccc2)c1Br. The van der Waals surface area contributed by atoms with Crippen LogP contribution in [0.25, 0.3) is 0 Å². The third-order valence-electron chi connectivity index (χ3n) is 4.21. The monoisotopic (exact) mass is 456 g/mol. The second-order valence-electron chi connectivity index (χ2n) is 6.14. The Morgan fingerprint density at radius 3 is 1.90 bits per heavy atom. The van der Waals surface area contributed by atoms with Crippen LogP contribution < -0.4 is 14.2 Å². The molecule has 0 atom stereocenters. The van der Waals surface area contributed by atoms with Crippen molar-refractivity contribution < 1.29 is 23.7 Å². The first kappa shape index (κ1) is 20.7. The molecule has 0 amide bonds. The summed E-state index contributed by atoms with van der Waals surface area (Å²) in [4.78, 5) is 12.3. The molecule has 3 rings (SSSR count). The molecule has 0 radical (unpaired) electrons. The Kier molecular flexibility index (Phi) is 7.14. The van der Waals surface area contributed by atoms with Crippen molar-refractivity contribution in [1.29, 1.82) is 0 Å². The molecule has 0 aromatic heterocycles. The van der Waals surface area contributed by atoms with Crippen molar-refractivity contribution in [3.05, 3.63) is 87.9 Å². The molecule has 0 bridgehead atoms. The number of benzene rings is 3. The number of carbonyl (C=O) groups excluding carboxylic acids is 1. The van der Waals surface area contributed by atoms with Crippen LogP contribution in [0.5, 0.6) is 17.2 Å². The second kappa shape index (κ2) is 9.98. The van der Waals surface area contributed by atoms with E-state index in [9.17, 15) is 4.79 Å². The molecule has 6 heteroatoms.